The van der Waals surface area contributed by atoms with Gasteiger partial charge in [0.1, 0.15) is 5.75 Å². The number of ketones is 1. The number of thioether (sulfide) groups is 1. The number of amidine groups is 1. The van der Waals surface area contributed by atoms with Crippen molar-refractivity contribution in [2.45, 2.75) is 13.5 Å². The summed E-state index contributed by atoms with van der Waals surface area (Å²) in [6.07, 6.45) is 0. The van der Waals surface area contributed by atoms with Gasteiger partial charge in [-0.2, -0.15) is 0 Å². The molecule has 1 amide bonds. The molecular weight excluding hydrogens is 348 g/mol. The molecule has 0 aliphatic carbocycles. The lowest BCUT2D eigenvalue weighted by molar-refractivity contribution is -0.129. The molecule has 1 saturated heterocycles. The molecule has 0 aromatic heterocycles. The summed E-state index contributed by atoms with van der Waals surface area (Å²) in [5.74, 6) is 1.29. The van der Waals surface area contributed by atoms with E-state index in [2.05, 4.69) is 4.99 Å². The summed E-state index contributed by atoms with van der Waals surface area (Å²) >= 11 is 1.59. The number of Topliss-reactive ketones (excluding diaryl/α,β-unsaturated/α-hetero) is 1. The average molecular weight is 368 g/mol. The predicted octanol–water partition coefficient (Wildman–Crippen LogP) is 3.40. The summed E-state index contributed by atoms with van der Waals surface area (Å²) in [7, 11) is 0. The van der Waals surface area contributed by atoms with Crippen molar-refractivity contribution in [3.63, 3.8) is 0 Å². The van der Waals surface area contributed by atoms with Gasteiger partial charge in [-0.1, -0.05) is 42.1 Å². The van der Waals surface area contributed by atoms with Gasteiger partial charge in [-0.05, 0) is 36.8 Å². The largest absolute Gasteiger partial charge is 0.484 e. The van der Waals surface area contributed by atoms with Gasteiger partial charge in [0.25, 0.3) is 5.91 Å². The molecule has 2 aromatic carbocycles. The summed E-state index contributed by atoms with van der Waals surface area (Å²) in [4.78, 5) is 30.0. The Hall–Kier alpha value is -2.60. The van der Waals surface area contributed by atoms with E-state index in [-0.39, 0.29) is 18.3 Å². The minimum absolute atomic E-state index is 0.000914. The van der Waals surface area contributed by atoms with Crippen molar-refractivity contribution in [3.8, 4) is 5.75 Å². The fourth-order valence-corrected chi connectivity index (χ4v) is 3.48. The van der Waals surface area contributed by atoms with Crippen LogP contribution >= 0.6 is 11.8 Å². The summed E-state index contributed by atoms with van der Waals surface area (Å²) in [6, 6.07) is 16.8. The third-order valence-electron chi connectivity index (χ3n) is 3.94. The second-order valence-electron chi connectivity index (χ2n) is 5.85. The predicted molar refractivity (Wildman–Crippen MR) is 104 cm³/mol. The van der Waals surface area contributed by atoms with E-state index in [1.165, 1.54) is 6.92 Å². The van der Waals surface area contributed by atoms with Gasteiger partial charge in [-0.25, -0.2) is 0 Å². The molecule has 5 nitrogen and oxygen atoms in total. The van der Waals surface area contributed by atoms with E-state index in [0.29, 0.717) is 24.4 Å². The number of benzene rings is 2. The third-order valence-corrected chi connectivity index (χ3v) is 4.94. The molecule has 134 valence electrons. The number of ether oxygens (including phenoxy) is 1. The molecule has 26 heavy (non-hydrogen) atoms. The van der Waals surface area contributed by atoms with Crippen LogP contribution in [0.1, 0.15) is 22.8 Å². The van der Waals surface area contributed by atoms with Crippen LogP contribution in [-0.4, -0.2) is 40.7 Å². The maximum Gasteiger partial charge on any atom is 0.266 e. The lowest BCUT2D eigenvalue weighted by Crippen LogP contribution is -2.35. The monoisotopic (exact) mass is 368 g/mol. The number of aliphatic imine (C=N–C) groups is 1. The molecule has 1 heterocycles. The smallest absolute Gasteiger partial charge is 0.266 e. The van der Waals surface area contributed by atoms with E-state index in [4.69, 9.17) is 4.74 Å². The third kappa shape index (κ3) is 4.73. The normalized spacial score (nSPS) is 15.3. The van der Waals surface area contributed by atoms with Gasteiger partial charge >= 0.3 is 0 Å². The zero-order chi connectivity index (χ0) is 18.4. The molecule has 1 aliphatic rings. The van der Waals surface area contributed by atoms with Crippen molar-refractivity contribution in [3.05, 3.63) is 65.7 Å². The maximum absolute atomic E-state index is 12.5. The fraction of sp³-hybridized carbons (Fsp3) is 0.250. The molecule has 3 rings (SSSR count). The molecule has 2 aromatic rings. The fourth-order valence-electron chi connectivity index (χ4n) is 2.52. The zero-order valence-corrected chi connectivity index (χ0v) is 15.4. The Morgan fingerprint density at radius 2 is 1.85 bits per heavy atom. The van der Waals surface area contributed by atoms with Crippen LogP contribution in [0.3, 0.4) is 0 Å². The highest BCUT2D eigenvalue weighted by Crippen LogP contribution is 2.20. The Balaban J connectivity index is 1.57. The first-order valence-corrected chi connectivity index (χ1v) is 9.37. The van der Waals surface area contributed by atoms with E-state index >= 15 is 0 Å². The van der Waals surface area contributed by atoms with Gasteiger partial charge in [0, 0.05) is 17.9 Å². The molecule has 6 heteroatoms. The number of carbonyl (C=O) groups is 2. The van der Waals surface area contributed by atoms with Crippen molar-refractivity contribution in [2.75, 3.05) is 18.9 Å². The van der Waals surface area contributed by atoms with Crippen molar-refractivity contribution in [1.29, 1.82) is 0 Å². The van der Waals surface area contributed by atoms with Gasteiger partial charge in [0.15, 0.2) is 17.6 Å². The molecule has 0 spiro atoms. The SMILES string of the molecule is CC(=O)c1ccc(OCC(=O)N2CCSC2=NCc2ccccc2)cc1. The van der Waals surface area contributed by atoms with E-state index < -0.39 is 0 Å². The standard InChI is InChI=1S/C20H20N2O3S/c1-15(23)17-7-9-18(10-8-17)25-14-19(24)22-11-12-26-20(22)21-13-16-5-3-2-4-6-16/h2-10H,11-14H2,1H3. The minimum Gasteiger partial charge on any atom is -0.484 e. The van der Waals surface area contributed by atoms with E-state index in [9.17, 15) is 9.59 Å². The molecule has 1 aliphatic heterocycles. The first kappa shape index (κ1) is 18.2. The molecule has 1 fully saturated rings. The summed E-state index contributed by atoms with van der Waals surface area (Å²) in [6.45, 7) is 2.66. The van der Waals surface area contributed by atoms with Crippen LogP contribution in [0.5, 0.6) is 5.75 Å². The first-order chi connectivity index (χ1) is 12.6. The number of amides is 1. The van der Waals surface area contributed by atoms with Gasteiger partial charge in [0.2, 0.25) is 0 Å². The highest BCUT2D eigenvalue weighted by atomic mass is 32.2. The van der Waals surface area contributed by atoms with Crippen LogP contribution in [0.25, 0.3) is 0 Å². The van der Waals surface area contributed by atoms with E-state index in [1.807, 2.05) is 30.3 Å². The Labute approximate surface area is 157 Å². The number of hydrogen-bond acceptors (Lipinski definition) is 5. The lowest BCUT2D eigenvalue weighted by Gasteiger charge is -2.16. The molecule has 0 bridgehead atoms. The van der Waals surface area contributed by atoms with Crippen LogP contribution in [0.4, 0.5) is 0 Å². The van der Waals surface area contributed by atoms with Gasteiger partial charge in [-0.3, -0.25) is 19.5 Å². The molecular formula is C20H20N2O3S. The number of rotatable bonds is 6. The molecule has 0 unspecified atom stereocenters. The highest BCUT2D eigenvalue weighted by Gasteiger charge is 2.25. The van der Waals surface area contributed by atoms with Gasteiger partial charge in [-0.15, -0.1) is 0 Å². The minimum atomic E-state index is -0.113. The van der Waals surface area contributed by atoms with E-state index in [1.54, 1.807) is 40.9 Å². The number of hydrogen-bond donors (Lipinski definition) is 0. The number of nitrogens with zero attached hydrogens (tertiary/aromatic N) is 2. The zero-order valence-electron chi connectivity index (χ0n) is 14.6. The van der Waals surface area contributed by atoms with Crippen LogP contribution in [-0.2, 0) is 11.3 Å². The van der Waals surface area contributed by atoms with Crippen molar-refractivity contribution >= 4 is 28.6 Å². The molecule has 0 atom stereocenters. The second-order valence-corrected chi connectivity index (χ2v) is 6.91. The first-order valence-electron chi connectivity index (χ1n) is 8.39. The molecule has 0 saturated carbocycles. The summed E-state index contributed by atoms with van der Waals surface area (Å²) in [5.41, 5.74) is 1.73. The lowest BCUT2D eigenvalue weighted by atomic mass is 10.1. The molecule has 0 radical (unpaired) electrons. The second kappa shape index (κ2) is 8.67. The van der Waals surface area contributed by atoms with Crippen molar-refractivity contribution in [1.82, 2.24) is 4.90 Å². The summed E-state index contributed by atoms with van der Waals surface area (Å²) < 4.78 is 5.56. The van der Waals surface area contributed by atoms with Crippen LogP contribution in [0.15, 0.2) is 59.6 Å². The Morgan fingerprint density at radius 1 is 1.12 bits per heavy atom. The molecule has 0 N–H and O–H groups in total. The van der Waals surface area contributed by atoms with Gasteiger partial charge < -0.3 is 4.74 Å². The average Bonchev–Trinajstić information content (AvgIpc) is 3.14. The van der Waals surface area contributed by atoms with Crippen LogP contribution < -0.4 is 4.74 Å². The van der Waals surface area contributed by atoms with Crippen molar-refractivity contribution < 1.29 is 14.3 Å². The summed E-state index contributed by atoms with van der Waals surface area (Å²) in [5, 5.41) is 0.745. The Bertz CT molecular complexity index is 804. The Morgan fingerprint density at radius 3 is 2.54 bits per heavy atom. The Kier molecular flexibility index (Phi) is 6.07. The quantitative estimate of drug-likeness (QED) is 0.733. The van der Waals surface area contributed by atoms with Gasteiger partial charge in [0.05, 0.1) is 6.54 Å². The van der Waals surface area contributed by atoms with Crippen LogP contribution in [0.2, 0.25) is 0 Å². The van der Waals surface area contributed by atoms with Crippen molar-refractivity contribution in [2.24, 2.45) is 4.99 Å². The van der Waals surface area contributed by atoms with E-state index in [0.717, 1.165) is 16.5 Å². The topological polar surface area (TPSA) is 59.0 Å². The highest BCUT2D eigenvalue weighted by molar-refractivity contribution is 8.14. The maximum atomic E-state index is 12.5. The van der Waals surface area contributed by atoms with Crippen LogP contribution in [0, 0.1) is 0 Å². The number of carbonyl (C=O) groups excluding carboxylic acids is 2.